The molecule has 30 heavy (non-hydrogen) atoms. The van der Waals surface area contributed by atoms with E-state index in [4.69, 9.17) is 0 Å². The largest absolute Gasteiger partial charge is 0.347 e. The third-order valence-electron chi connectivity index (χ3n) is 5.01. The molecule has 0 spiro atoms. The summed E-state index contributed by atoms with van der Waals surface area (Å²) < 4.78 is 39.8. The van der Waals surface area contributed by atoms with E-state index in [1.54, 1.807) is 4.90 Å². The van der Waals surface area contributed by atoms with E-state index in [1.807, 2.05) is 37.3 Å². The Labute approximate surface area is 171 Å². The Morgan fingerprint density at radius 1 is 1.10 bits per heavy atom. The van der Waals surface area contributed by atoms with Gasteiger partial charge in [0.05, 0.1) is 24.2 Å². The number of nitrogens with zero attached hydrogens (tertiary/aromatic N) is 1. The maximum Gasteiger partial charge on any atom is 0.243 e. The molecule has 1 fully saturated rings. The number of carbonyl (C=O) groups is 3. The molecule has 6 nitrogen and oxygen atoms in total. The molecule has 0 bridgehead atoms. The lowest BCUT2D eigenvalue weighted by Crippen LogP contribution is -2.38. The van der Waals surface area contributed by atoms with Crippen LogP contribution in [0.4, 0.5) is 18.9 Å². The van der Waals surface area contributed by atoms with Crippen LogP contribution < -0.4 is 10.6 Å². The first-order valence-electron chi connectivity index (χ1n) is 9.33. The van der Waals surface area contributed by atoms with Gasteiger partial charge < -0.3 is 15.5 Å². The molecule has 158 valence electrons. The molecule has 2 unspecified atom stereocenters. The van der Waals surface area contributed by atoms with Crippen LogP contribution in [-0.4, -0.2) is 35.7 Å². The Bertz CT molecular complexity index is 969. The molecule has 2 aromatic carbocycles. The predicted molar refractivity (Wildman–Crippen MR) is 103 cm³/mol. The molecule has 2 N–H and O–H groups in total. The Hall–Kier alpha value is -3.36. The predicted octanol–water partition coefficient (Wildman–Crippen LogP) is 2.77. The second-order valence-corrected chi connectivity index (χ2v) is 7.02. The van der Waals surface area contributed by atoms with Crippen molar-refractivity contribution in [3.63, 3.8) is 0 Å². The number of amides is 3. The molecule has 0 saturated carbocycles. The van der Waals surface area contributed by atoms with E-state index in [1.165, 1.54) is 0 Å². The van der Waals surface area contributed by atoms with Crippen LogP contribution in [0, 0.1) is 23.4 Å². The molecule has 9 heteroatoms. The van der Waals surface area contributed by atoms with Crippen molar-refractivity contribution in [3.8, 4) is 0 Å². The summed E-state index contributed by atoms with van der Waals surface area (Å²) >= 11 is 0. The van der Waals surface area contributed by atoms with Gasteiger partial charge in [-0.1, -0.05) is 30.3 Å². The Kier molecular flexibility index (Phi) is 6.39. The lowest BCUT2D eigenvalue weighted by molar-refractivity contribution is -0.130. The van der Waals surface area contributed by atoms with Crippen molar-refractivity contribution in [2.24, 2.45) is 5.92 Å². The molecule has 1 aliphatic heterocycles. The van der Waals surface area contributed by atoms with Crippen LogP contribution in [-0.2, 0) is 14.4 Å². The van der Waals surface area contributed by atoms with Crippen LogP contribution >= 0.6 is 0 Å². The van der Waals surface area contributed by atoms with Crippen molar-refractivity contribution >= 4 is 23.4 Å². The van der Waals surface area contributed by atoms with Gasteiger partial charge in [0.1, 0.15) is 0 Å². The van der Waals surface area contributed by atoms with Crippen molar-refractivity contribution < 1.29 is 27.6 Å². The highest BCUT2D eigenvalue weighted by molar-refractivity contribution is 5.96. The topological polar surface area (TPSA) is 78.5 Å². The number of likely N-dealkylation sites (tertiary alicyclic amines) is 1. The summed E-state index contributed by atoms with van der Waals surface area (Å²) in [5.41, 5.74) is 0.409. The number of benzene rings is 2. The molecule has 1 saturated heterocycles. The smallest absolute Gasteiger partial charge is 0.243 e. The Morgan fingerprint density at radius 2 is 1.80 bits per heavy atom. The summed E-state index contributed by atoms with van der Waals surface area (Å²) in [4.78, 5) is 38.2. The average molecular weight is 419 g/mol. The van der Waals surface area contributed by atoms with Gasteiger partial charge in [0, 0.05) is 13.0 Å². The minimum atomic E-state index is -1.70. The van der Waals surface area contributed by atoms with E-state index < -0.39 is 47.4 Å². The Morgan fingerprint density at radius 3 is 2.50 bits per heavy atom. The van der Waals surface area contributed by atoms with Gasteiger partial charge in [-0.3, -0.25) is 14.4 Å². The monoisotopic (exact) mass is 419 g/mol. The minimum absolute atomic E-state index is 0.0163. The molecule has 2 atom stereocenters. The fraction of sp³-hybridized carbons (Fsp3) is 0.286. The van der Waals surface area contributed by atoms with Crippen LogP contribution in [0.15, 0.2) is 42.5 Å². The number of carbonyl (C=O) groups excluding carboxylic acids is 3. The first kappa shape index (κ1) is 21.4. The highest BCUT2D eigenvalue weighted by Gasteiger charge is 2.37. The molecule has 1 heterocycles. The van der Waals surface area contributed by atoms with Crippen molar-refractivity contribution in [2.75, 3.05) is 18.4 Å². The highest BCUT2D eigenvalue weighted by atomic mass is 19.2. The van der Waals surface area contributed by atoms with Gasteiger partial charge in [0.15, 0.2) is 17.5 Å². The minimum Gasteiger partial charge on any atom is -0.347 e. The summed E-state index contributed by atoms with van der Waals surface area (Å²) in [6.45, 7) is 1.58. The molecule has 0 aliphatic carbocycles. The number of halogens is 3. The zero-order valence-corrected chi connectivity index (χ0v) is 16.1. The lowest BCUT2D eigenvalue weighted by Gasteiger charge is -2.25. The molecule has 2 aromatic rings. The van der Waals surface area contributed by atoms with Gasteiger partial charge in [-0.05, 0) is 24.6 Å². The fourth-order valence-electron chi connectivity index (χ4n) is 3.32. The lowest BCUT2D eigenvalue weighted by atomic mass is 10.1. The molecule has 1 aliphatic rings. The fourth-order valence-corrected chi connectivity index (χ4v) is 3.32. The van der Waals surface area contributed by atoms with Crippen LogP contribution in [0.3, 0.4) is 0 Å². The maximum absolute atomic E-state index is 13.6. The summed E-state index contributed by atoms with van der Waals surface area (Å²) in [7, 11) is 0. The second-order valence-electron chi connectivity index (χ2n) is 7.02. The van der Waals surface area contributed by atoms with E-state index in [0.29, 0.717) is 6.07 Å². The van der Waals surface area contributed by atoms with Gasteiger partial charge in [0.25, 0.3) is 0 Å². The second kappa shape index (κ2) is 8.98. The first-order chi connectivity index (χ1) is 14.3. The van der Waals surface area contributed by atoms with Gasteiger partial charge in [-0.2, -0.15) is 0 Å². The molecule has 3 rings (SSSR count). The van der Waals surface area contributed by atoms with E-state index in [-0.39, 0.29) is 24.9 Å². The van der Waals surface area contributed by atoms with Crippen molar-refractivity contribution in [3.05, 3.63) is 65.5 Å². The Balaban J connectivity index is 1.53. The number of hydrogen-bond acceptors (Lipinski definition) is 3. The number of anilines is 1. The number of nitrogens with one attached hydrogen (secondary N) is 2. The maximum atomic E-state index is 13.6. The molecule has 0 aromatic heterocycles. The summed E-state index contributed by atoms with van der Waals surface area (Å²) in [6.07, 6.45) is 0.0163. The molecule has 0 radical (unpaired) electrons. The highest BCUT2D eigenvalue weighted by Crippen LogP contribution is 2.28. The van der Waals surface area contributed by atoms with Crippen molar-refractivity contribution in [1.82, 2.24) is 10.2 Å². The zero-order chi connectivity index (χ0) is 21.8. The summed E-state index contributed by atoms with van der Waals surface area (Å²) in [5.74, 6) is -6.70. The van der Waals surface area contributed by atoms with E-state index in [2.05, 4.69) is 10.6 Å². The SMILES string of the molecule is CC(c1ccccc1)N1CC(C(=O)NCC(=O)Nc2ccc(F)c(F)c2F)CC1=O. The van der Waals surface area contributed by atoms with Crippen molar-refractivity contribution in [1.29, 1.82) is 0 Å². The van der Waals surface area contributed by atoms with E-state index in [9.17, 15) is 27.6 Å². The van der Waals surface area contributed by atoms with Crippen LogP contribution in [0.25, 0.3) is 0 Å². The van der Waals surface area contributed by atoms with E-state index >= 15 is 0 Å². The first-order valence-corrected chi connectivity index (χ1v) is 9.33. The van der Waals surface area contributed by atoms with Crippen LogP contribution in [0.1, 0.15) is 24.9 Å². The van der Waals surface area contributed by atoms with Crippen molar-refractivity contribution in [2.45, 2.75) is 19.4 Å². The van der Waals surface area contributed by atoms with Crippen LogP contribution in [0.2, 0.25) is 0 Å². The van der Waals surface area contributed by atoms with Gasteiger partial charge in [-0.25, -0.2) is 13.2 Å². The number of rotatable bonds is 6. The van der Waals surface area contributed by atoms with E-state index in [0.717, 1.165) is 11.6 Å². The molecular formula is C21H20F3N3O3. The third kappa shape index (κ3) is 4.61. The van der Waals surface area contributed by atoms with Gasteiger partial charge in [0.2, 0.25) is 17.7 Å². The zero-order valence-electron chi connectivity index (χ0n) is 16.1. The summed E-state index contributed by atoms with van der Waals surface area (Å²) in [5, 5.41) is 4.46. The standard InChI is InChI=1S/C21H20F3N3O3/c1-12(13-5-3-2-4-6-13)27-11-14(9-18(27)29)21(30)25-10-17(28)26-16-8-7-15(22)19(23)20(16)24/h2-8,12,14H,9-11H2,1H3,(H,25,30)(H,26,28). The molecule has 3 amide bonds. The summed E-state index contributed by atoms with van der Waals surface area (Å²) in [6, 6.07) is 10.8. The quantitative estimate of drug-likeness (QED) is 0.707. The third-order valence-corrected chi connectivity index (χ3v) is 5.01. The average Bonchev–Trinajstić information content (AvgIpc) is 3.14. The molecular weight excluding hydrogens is 399 g/mol. The van der Waals surface area contributed by atoms with Gasteiger partial charge >= 0.3 is 0 Å². The normalized spacial score (nSPS) is 17.0. The number of hydrogen-bond donors (Lipinski definition) is 2. The van der Waals surface area contributed by atoms with Crippen LogP contribution in [0.5, 0.6) is 0 Å². The van der Waals surface area contributed by atoms with Gasteiger partial charge in [-0.15, -0.1) is 0 Å².